The predicted octanol–water partition coefficient (Wildman–Crippen LogP) is 3.05. The van der Waals surface area contributed by atoms with Crippen molar-refractivity contribution >= 4 is 5.69 Å². The number of benzene rings is 1. The quantitative estimate of drug-likeness (QED) is 0.913. The summed E-state index contributed by atoms with van der Waals surface area (Å²) >= 11 is 0. The minimum atomic E-state index is -4.32. The molecule has 0 atom stereocenters. The van der Waals surface area contributed by atoms with E-state index in [0.717, 1.165) is 17.8 Å². The van der Waals surface area contributed by atoms with E-state index in [1.54, 1.807) is 23.2 Å². The lowest BCUT2D eigenvalue weighted by Crippen LogP contribution is -2.07. The summed E-state index contributed by atoms with van der Waals surface area (Å²) < 4.78 is 39.3. The zero-order chi connectivity index (χ0) is 13.2. The largest absolute Gasteiger partial charge is 0.416 e. The Morgan fingerprint density at radius 2 is 2.11 bits per heavy atom. The van der Waals surface area contributed by atoms with Gasteiger partial charge in [0.05, 0.1) is 24.1 Å². The molecule has 0 bridgehead atoms. The highest BCUT2D eigenvalue weighted by atomic mass is 19.4. The number of halogens is 3. The van der Waals surface area contributed by atoms with Crippen LogP contribution >= 0.6 is 0 Å². The Labute approximate surface area is 102 Å². The fraction of sp³-hybridized carbons (Fsp3) is 0.250. The molecule has 0 aliphatic heterocycles. The smallest absolute Gasteiger partial charge is 0.379 e. The van der Waals surface area contributed by atoms with Gasteiger partial charge in [0.2, 0.25) is 0 Å². The average Bonchev–Trinajstić information content (AvgIpc) is 2.72. The molecule has 2 aromatic rings. The van der Waals surface area contributed by atoms with Crippen LogP contribution in [0.2, 0.25) is 0 Å². The van der Waals surface area contributed by atoms with E-state index in [1.165, 1.54) is 6.07 Å². The van der Waals surface area contributed by atoms with E-state index < -0.39 is 11.7 Å². The van der Waals surface area contributed by atoms with E-state index in [2.05, 4.69) is 10.3 Å². The Morgan fingerprint density at radius 3 is 2.72 bits per heavy atom. The molecule has 1 aromatic heterocycles. The van der Waals surface area contributed by atoms with Crippen molar-refractivity contribution in [3.63, 3.8) is 0 Å². The number of nitrogens with one attached hydrogen (secondary N) is 1. The zero-order valence-electron chi connectivity index (χ0n) is 9.70. The number of aromatic nitrogens is 2. The molecule has 0 amide bonds. The van der Waals surface area contributed by atoms with Gasteiger partial charge in [-0.1, -0.05) is 6.07 Å². The van der Waals surface area contributed by atoms with E-state index in [4.69, 9.17) is 0 Å². The van der Waals surface area contributed by atoms with Gasteiger partial charge in [0.15, 0.2) is 0 Å². The SMILES string of the molecule is Cn1cncc1CNc1cccc(C(F)(F)F)c1. The van der Waals surface area contributed by atoms with E-state index in [1.807, 2.05) is 7.05 Å². The molecule has 1 N–H and O–H groups in total. The second-order valence-electron chi connectivity index (χ2n) is 3.93. The topological polar surface area (TPSA) is 29.9 Å². The van der Waals surface area contributed by atoms with Gasteiger partial charge in [-0.2, -0.15) is 13.2 Å². The highest BCUT2D eigenvalue weighted by molar-refractivity contribution is 5.46. The molecule has 0 radical (unpaired) electrons. The molecular weight excluding hydrogens is 243 g/mol. The van der Waals surface area contributed by atoms with Gasteiger partial charge in [-0.05, 0) is 18.2 Å². The van der Waals surface area contributed by atoms with Crippen molar-refractivity contribution < 1.29 is 13.2 Å². The van der Waals surface area contributed by atoms with Gasteiger partial charge < -0.3 is 9.88 Å². The monoisotopic (exact) mass is 255 g/mol. The zero-order valence-corrected chi connectivity index (χ0v) is 9.70. The first-order chi connectivity index (χ1) is 8.47. The van der Waals surface area contributed by atoms with Crippen LogP contribution in [0.4, 0.5) is 18.9 Å². The maximum Gasteiger partial charge on any atom is 0.416 e. The molecule has 1 heterocycles. The van der Waals surface area contributed by atoms with Crippen LogP contribution in [0, 0.1) is 0 Å². The standard InChI is InChI=1S/C12H12F3N3/c1-18-8-16-6-11(18)7-17-10-4-2-3-9(5-10)12(13,14)15/h2-6,8,17H,7H2,1H3. The van der Waals surface area contributed by atoms with Crippen LogP contribution in [-0.2, 0) is 19.8 Å². The molecular formula is C12H12F3N3. The van der Waals surface area contributed by atoms with Gasteiger partial charge in [-0.3, -0.25) is 0 Å². The van der Waals surface area contributed by atoms with Crippen LogP contribution in [0.1, 0.15) is 11.3 Å². The average molecular weight is 255 g/mol. The molecule has 0 saturated heterocycles. The summed E-state index contributed by atoms with van der Waals surface area (Å²) in [4.78, 5) is 3.93. The number of anilines is 1. The first-order valence-electron chi connectivity index (χ1n) is 5.33. The minimum Gasteiger partial charge on any atom is -0.379 e. The molecule has 6 heteroatoms. The van der Waals surface area contributed by atoms with Crippen LogP contribution in [0.3, 0.4) is 0 Å². The summed E-state index contributed by atoms with van der Waals surface area (Å²) in [6.07, 6.45) is -1.01. The predicted molar refractivity (Wildman–Crippen MR) is 62.0 cm³/mol. The number of rotatable bonds is 3. The molecule has 1 aromatic carbocycles. The first-order valence-corrected chi connectivity index (χ1v) is 5.33. The van der Waals surface area contributed by atoms with Gasteiger partial charge in [0.25, 0.3) is 0 Å². The molecule has 96 valence electrons. The van der Waals surface area contributed by atoms with Crippen molar-refractivity contribution in [3.8, 4) is 0 Å². The third-order valence-electron chi connectivity index (χ3n) is 2.58. The normalized spacial score (nSPS) is 11.6. The summed E-state index contributed by atoms with van der Waals surface area (Å²) in [6.45, 7) is 0.428. The number of hydrogen-bond acceptors (Lipinski definition) is 2. The van der Waals surface area contributed by atoms with Gasteiger partial charge in [0.1, 0.15) is 0 Å². The third kappa shape index (κ3) is 2.82. The number of hydrogen-bond donors (Lipinski definition) is 1. The summed E-state index contributed by atoms with van der Waals surface area (Å²) in [6, 6.07) is 5.13. The highest BCUT2D eigenvalue weighted by Gasteiger charge is 2.30. The lowest BCUT2D eigenvalue weighted by molar-refractivity contribution is -0.137. The van der Waals surface area contributed by atoms with Crippen molar-refractivity contribution in [2.75, 3.05) is 5.32 Å². The molecule has 0 fully saturated rings. The Hall–Kier alpha value is -1.98. The van der Waals surface area contributed by atoms with Crippen LogP contribution in [0.25, 0.3) is 0 Å². The second kappa shape index (κ2) is 4.72. The minimum absolute atomic E-state index is 0.428. The molecule has 0 aliphatic rings. The number of alkyl halides is 3. The highest BCUT2D eigenvalue weighted by Crippen LogP contribution is 2.30. The van der Waals surface area contributed by atoms with Crippen molar-refractivity contribution in [1.29, 1.82) is 0 Å². The molecule has 0 aliphatic carbocycles. The summed E-state index contributed by atoms with van der Waals surface area (Å²) in [5.74, 6) is 0. The van der Waals surface area contributed by atoms with Crippen molar-refractivity contribution in [3.05, 3.63) is 48.0 Å². The van der Waals surface area contributed by atoms with Crippen molar-refractivity contribution in [2.45, 2.75) is 12.7 Å². The number of aryl methyl sites for hydroxylation is 1. The van der Waals surface area contributed by atoms with E-state index in [-0.39, 0.29) is 0 Å². The molecule has 0 saturated carbocycles. The Kier molecular flexibility index (Phi) is 3.27. The van der Waals surface area contributed by atoms with Gasteiger partial charge >= 0.3 is 6.18 Å². The maximum atomic E-state index is 12.5. The van der Waals surface area contributed by atoms with E-state index >= 15 is 0 Å². The lowest BCUT2D eigenvalue weighted by atomic mass is 10.2. The second-order valence-corrected chi connectivity index (χ2v) is 3.93. The molecule has 3 nitrogen and oxygen atoms in total. The van der Waals surface area contributed by atoms with Crippen LogP contribution in [0.5, 0.6) is 0 Å². The van der Waals surface area contributed by atoms with Gasteiger partial charge in [-0.25, -0.2) is 4.98 Å². The molecule has 18 heavy (non-hydrogen) atoms. The van der Waals surface area contributed by atoms with Crippen LogP contribution < -0.4 is 5.32 Å². The van der Waals surface area contributed by atoms with Crippen molar-refractivity contribution in [2.24, 2.45) is 7.05 Å². The van der Waals surface area contributed by atoms with E-state index in [0.29, 0.717) is 12.2 Å². The Morgan fingerprint density at radius 1 is 1.33 bits per heavy atom. The fourth-order valence-corrected chi connectivity index (χ4v) is 1.55. The van der Waals surface area contributed by atoms with Gasteiger partial charge in [-0.15, -0.1) is 0 Å². The van der Waals surface area contributed by atoms with Gasteiger partial charge in [0, 0.05) is 18.9 Å². The number of imidazole rings is 1. The Bertz CT molecular complexity index is 531. The molecule has 2 rings (SSSR count). The summed E-state index contributed by atoms with van der Waals surface area (Å²) in [5, 5.41) is 2.94. The molecule has 0 spiro atoms. The van der Waals surface area contributed by atoms with E-state index in [9.17, 15) is 13.2 Å². The Balaban J connectivity index is 2.09. The fourth-order valence-electron chi connectivity index (χ4n) is 1.55. The third-order valence-corrected chi connectivity index (χ3v) is 2.58. The van der Waals surface area contributed by atoms with Crippen LogP contribution in [-0.4, -0.2) is 9.55 Å². The molecule has 0 unspecified atom stereocenters. The first kappa shape index (κ1) is 12.5. The summed E-state index contributed by atoms with van der Waals surface area (Å²) in [7, 11) is 1.83. The number of nitrogens with zero attached hydrogens (tertiary/aromatic N) is 2. The van der Waals surface area contributed by atoms with Crippen LogP contribution in [0.15, 0.2) is 36.8 Å². The summed E-state index contributed by atoms with van der Waals surface area (Å²) in [5.41, 5.74) is 0.677. The maximum absolute atomic E-state index is 12.5. The van der Waals surface area contributed by atoms with Crippen molar-refractivity contribution in [1.82, 2.24) is 9.55 Å². The lowest BCUT2D eigenvalue weighted by Gasteiger charge is -2.10.